The number of sulfonamides is 1. The van der Waals surface area contributed by atoms with Crippen LogP contribution in [0.25, 0.3) is 11.4 Å². The van der Waals surface area contributed by atoms with E-state index < -0.39 is 21.7 Å². The van der Waals surface area contributed by atoms with Gasteiger partial charge in [-0.3, -0.25) is 4.79 Å². The van der Waals surface area contributed by atoms with Crippen molar-refractivity contribution in [2.45, 2.75) is 11.8 Å². The normalized spacial score (nSPS) is 11.4. The van der Waals surface area contributed by atoms with Gasteiger partial charge in [0.25, 0.3) is 15.9 Å². The molecule has 140 valence electrons. The first-order valence-electron chi connectivity index (χ1n) is 7.66. The molecule has 0 unspecified atom stereocenters. The maximum Gasteiger partial charge on any atom is 0.285 e. The van der Waals surface area contributed by atoms with Gasteiger partial charge < -0.3 is 4.57 Å². The molecule has 3 aromatic rings. The Morgan fingerprint density at radius 2 is 2.04 bits per heavy atom. The Kier molecular flexibility index (Phi) is 4.99. The van der Waals surface area contributed by atoms with Gasteiger partial charge in [0.05, 0.1) is 10.5 Å². The van der Waals surface area contributed by atoms with Gasteiger partial charge in [-0.15, -0.1) is 0 Å². The van der Waals surface area contributed by atoms with Crippen LogP contribution in [0.2, 0.25) is 5.15 Å². The van der Waals surface area contributed by atoms with E-state index in [-0.39, 0.29) is 15.7 Å². The molecule has 1 aromatic carbocycles. The van der Waals surface area contributed by atoms with Gasteiger partial charge in [-0.1, -0.05) is 17.7 Å². The minimum atomic E-state index is -4.26. The highest BCUT2D eigenvalue weighted by Crippen LogP contribution is 2.24. The Bertz CT molecular complexity index is 1140. The van der Waals surface area contributed by atoms with Crippen LogP contribution in [0.5, 0.6) is 0 Å². The average molecular weight is 409 g/mol. The molecule has 7 nitrogen and oxygen atoms in total. The van der Waals surface area contributed by atoms with Crippen LogP contribution in [-0.4, -0.2) is 28.9 Å². The molecular weight excluding hydrogens is 395 g/mol. The highest BCUT2D eigenvalue weighted by Gasteiger charge is 2.24. The fraction of sp³-hybridized carbons (Fsp3) is 0.118. The number of nitrogens with one attached hydrogen (secondary N) is 1. The van der Waals surface area contributed by atoms with E-state index in [1.165, 1.54) is 30.0 Å². The first-order chi connectivity index (χ1) is 12.7. The van der Waals surface area contributed by atoms with Crippen LogP contribution in [0.3, 0.4) is 0 Å². The molecule has 0 saturated carbocycles. The summed E-state index contributed by atoms with van der Waals surface area (Å²) in [7, 11) is -2.63. The third-order valence-electron chi connectivity index (χ3n) is 3.78. The van der Waals surface area contributed by atoms with Crippen LogP contribution < -0.4 is 4.72 Å². The van der Waals surface area contributed by atoms with E-state index in [2.05, 4.69) is 9.97 Å². The fourth-order valence-electron chi connectivity index (χ4n) is 2.47. The zero-order valence-electron chi connectivity index (χ0n) is 14.3. The minimum absolute atomic E-state index is 0.134. The van der Waals surface area contributed by atoms with Crippen LogP contribution in [0.4, 0.5) is 4.39 Å². The lowest BCUT2D eigenvalue weighted by Crippen LogP contribution is -2.31. The molecule has 3 rings (SSSR count). The summed E-state index contributed by atoms with van der Waals surface area (Å²) in [5.74, 6) is -1.32. The largest absolute Gasteiger partial charge is 0.333 e. The van der Waals surface area contributed by atoms with Gasteiger partial charge in [0.15, 0.2) is 0 Å². The lowest BCUT2D eigenvalue weighted by atomic mass is 10.2. The predicted molar refractivity (Wildman–Crippen MR) is 97.2 cm³/mol. The standard InChI is InChI=1S/C17H14ClFN4O3S/c1-10-5-6-11(19)8-14(10)27(25,26)22-17(24)13-9-23(2)16(21-13)12-4-3-7-20-15(12)18/h3-9H,1-2H3,(H,22,24). The lowest BCUT2D eigenvalue weighted by Gasteiger charge is -2.08. The van der Waals surface area contributed by atoms with Crippen molar-refractivity contribution in [1.29, 1.82) is 0 Å². The topological polar surface area (TPSA) is 94.0 Å². The van der Waals surface area contributed by atoms with E-state index in [9.17, 15) is 17.6 Å². The Hall–Kier alpha value is -2.78. The number of aromatic nitrogens is 3. The lowest BCUT2D eigenvalue weighted by molar-refractivity contribution is 0.0977. The molecule has 1 N–H and O–H groups in total. The van der Waals surface area contributed by atoms with Gasteiger partial charge in [-0.05, 0) is 36.8 Å². The SMILES string of the molecule is Cc1ccc(F)cc1S(=O)(=O)NC(=O)c1cn(C)c(-c2cccnc2Cl)n1. The smallest absolute Gasteiger partial charge is 0.285 e. The highest BCUT2D eigenvalue weighted by atomic mass is 35.5. The Labute approximate surface area is 159 Å². The van der Waals surface area contributed by atoms with Crippen molar-refractivity contribution in [2.75, 3.05) is 0 Å². The van der Waals surface area contributed by atoms with Crippen LogP contribution in [-0.2, 0) is 17.1 Å². The molecule has 10 heteroatoms. The summed E-state index contributed by atoms with van der Waals surface area (Å²) in [5, 5.41) is 0.196. The number of nitrogens with zero attached hydrogens (tertiary/aromatic N) is 3. The summed E-state index contributed by atoms with van der Waals surface area (Å²) in [5.41, 5.74) is 0.662. The zero-order chi connectivity index (χ0) is 19.8. The van der Waals surface area contributed by atoms with E-state index in [1.807, 2.05) is 4.72 Å². The molecule has 0 saturated heterocycles. The maximum atomic E-state index is 13.4. The van der Waals surface area contributed by atoms with Gasteiger partial charge in [0.1, 0.15) is 22.5 Å². The number of carbonyl (C=O) groups excluding carboxylic acids is 1. The number of pyridine rings is 1. The second-order valence-corrected chi connectivity index (χ2v) is 7.76. The maximum absolute atomic E-state index is 13.4. The van der Waals surface area contributed by atoms with Crippen molar-refractivity contribution >= 4 is 27.5 Å². The number of hydrogen-bond acceptors (Lipinski definition) is 5. The van der Waals surface area contributed by atoms with Crippen LogP contribution in [0.15, 0.2) is 47.6 Å². The van der Waals surface area contributed by atoms with Crippen molar-refractivity contribution in [3.8, 4) is 11.4 Å². The van der Waals surface area contributed by atoms with Gasteiger partial charge >= 0.3 is 0 Å². The number of aryl methyl sites for hydroxylation is 2. The molecule has 2 heterocycles. The number of carbonyl (C=O) groups is 1. The van der Waals surface area contributed by atoms with E-state index in [0.717, 1.165) is 12.1 Å². The molecule has 0 aliphatic carbocycles. The molecule has 0 aliphatic heterocycles. The number of benzene rings is 1. The summed E-state index contributed by atoms with van der Waals surface area (Å²) in [6.45, 7) is 1.50. The Morgan fingerprint density at radius 3 is 2.74 bits per heavy atom. The summed E-state index contributed by atoms with van der Waals surface area (Å²) in [6, 6.07) is 6.64. The number of rotatable bonds is 4. The third-order valence-corrected chi connectivity index (χ3v) is 5.55. The minimum Gasteiger partial charge on any atom is -0.333 e. The number of halogens is 2. The Balaban J connectivity index is 1.92. The third kappa shape index (κ3) is 3.83. The molecule has 0 spiro atoms. The van der Waals surface area contributed by atoms with Crippen molar-refractivity contribution in [1.82, 2.24) is 19.3 Å². The molecule has 1 amide bonds. The first kappa shape index (κ1) is 19.0. The summed E-state index contributed by atoms with van der Waals surface area (Å²) in [4.78, 5) is 20.2. The predicted octanol–water partition coefficient (Wildman–Crippen LogP) is 2.70. The summed E-state index contributed by atoms with van der Waals surface area (Å²) < 4.78 is 41.7. The summed E-state index contributed by atoms with van der Waals surface area (Å²) >= 11 is 6.04. The van der Waals surface area contributed by atoms with E-state index >= 15 is 0 Å². The molecule has 0 bridgehead atoms. The van der Waals surface area contributed by atoms with Crippen molar-refractivity contribution in [2.24, 2.45) is 7.05 Å². The molecule has 0 atom stereocenters. The number of hydrogen-bond donors (Lipinski definition) is 1. The first-order valence-corrected chi connectivity index (χ1v) is 9.52. The fourth-order valence-corrected chi connectivity index (χ4v) is 3.89. The van der Waals surface area contributed by atoms with Gasteiger partial charge in [-0.2, -0.15) is 0 Å². The Morgan fingerprint density at radius 1 is 1.30 bits per heavy atom. The highest BCUT2D eigenvalue weighted by molar-refractivity contribution is 7.90. The zero-order valence-corrected chi connectivity index (χ0v) is 15.8. The molecule has 0 fully saturated rings. The van der Waals surface area contributed by atoms with Crippen molar-refractivity contribution in [3.05, 3.63) is 65.0 Å². The van der Waals surface area contributed by atoms with Crippen molar-refractivity contribution in [3.63, 3.8) is 0 Å². The van der Waals surface area contributed by atoms with Crippen LogP contribution in [0, 0.1) is 12.7 Å². The second kappa shape index (κ2) is 7.09. The quantitative estimate of drug-likeness (QED) is 0.670. The van der Waals surface area contributed by atoms with Gasteiger partial charge in [0.2, 0.25) is 0 Å². The van der Waals surface area contributed by atoms with Gasteiger partial charge in [0, 0.05) is 19.4 Å². The van der Waals surface area contributed by atoms with Gasteiger partial charge in [-0.25, -0.2) is 27.5 Å². The number of amides is 1. The average Bonchev–Trinajstić information content (AvgIpc) is 2.99. The van der Waals surface area contributed by atoms with E-state index in [0.29, 0.717) is 17.0 Å². The number of imidazole rings is 1. The summed E-state index contributed by atoms with van der Waals surface area (Å²) in [6.07, 6.45) is 2.87. The molecule has 0 radical (unpaired) electrons. The molecule has 0 aliphatic rings. The monoisotopic (exact) mass is 408 g/mol. The van der Waals surface area contributed by atoms with E-state index in [4.69, 9.17) is 11.6 Å². The molecule has 27 heavy (non-hydrogen) atoms. The van der Waals surface area contributed by atoms with Crippen LogP contribution >= 0.6 is 11.6 Å². The molecule has 2 aromatic heterocycles. The second-order valence-electron chi connectivity index (χ2n) is 5.75. The van der Waals surface area contributed by atoms with Crippen molar-refractivity contribution < 1.29 is 17.6 Å². The molecular formula is C17H14ClFN4O3S. The van der Waals surface area contributed by atoms with Crippen LogP contribution in [0.1, 0.15) is 16.1 Å². The van der Waals surface area contributed by atoms with E-state index in [1.54, 1.807) is 19.2 Å².